The number of halogens is 1. The average Bonchev–Trinajstić information content (AvgIpc) is 2.22. The third-order valence-electron chi connectivity index (χ3n) is 1.59. The maximum absolute atomic E-state index is 8.58. The summed E-state index contributed by atoms with van der Waals surface area (Å²) in [7, 11) is 0. The van der Waals surface area contributed by atoms with E-state index in [0.717, 1.165) is 4.47 Å². The Morgan fingerprint density at radius 1 is 1.53 bits per heavy atom. The molecule has 0 bridgehead atoms. The van der Waals surface area contributed by atoms with Gasteiger partial charge in [-0.3, -0.25) is 0 Å². The summed E-state index contributed by atoms with van der Waals surface area (Å²) < 4.78 is 0.923. The van der Waals surface area contributed by atoms with Gasteiger partial charge in [-0.15, -0.1) is 0 Å². The maximum atomic E-state index is 8.58. The number of pyridine rings is 1. The van der Waals surface area contributed by atoms with Crippen molar-refractivity contribution in [3.8, 4) is 0 Å². The molecule has 1 aromatic rings. The average molecular weight is 290 g/mol. The van der Waals surface area contributed by atoms with E-state index in [0.29, 0.717) is 23.9 Å². The summed E-state index contributed by atoms with van der Waals surface area (Å²) in [5.74, 6) is 0.694. The minimum Gasteiger partial charge on any atom is -0.396 e. The fourth-order valence-electron chi connectivity index (χ4n) is 0.891. The number of aliphatic hydroxyl groups excluding tert-OH is 1. The van der Waals surface area contributed by atoms with E-state index in [1.807, 2.05) is 12.1 Å². The summed E-state index contributed by atoms with van der Waals surface area (Å²) in [5.41, 5.74) is 0. The van der Waals surface area contributed by atoms with Crippen molar-refractivity contribution in [1.29, 1.82) is 0 Å². The number of nitrogens with one attached hydrogen (secondary N) is 2. The molecule has 0 aliphatic rings. The van der Waals surface area contributed by atoms with Crippen molar-refractivity contribution in [3.63, 3.8) is 0 Å². The van der Waals surface area contributed by atoms with Crippen molar-refractivity contribution in [2.45, 2.75) is 6.42 Å². The van der Waals surface area contributed by atoms with E-state index in [1.54, 1.807) is 6.20 Å². The molecule has 0 spiro atoms. The maximum Gasteiger partial charge on any atom is 0.171 e. The van der Waals surface area contributed by atoms with Gasteiger partial charge in [-0.1, -0.05) is 0 Å². The van der Waals surface area contributed by atoms with Crippen LogP contribution < -0.4 is 10.6 Å². The molecule has 0 aliphatic heterocycles. The Hall–Kier alpha value is -0.720. The molecule has 1 heterocycles. The van der Waals surface area contributed by atoms with Crippen LogP contribution in [0, 0.1) is 0 Å². The first-order valence-electron chi connectivity index (χ1n) is 4.49. The molecule has 0 saturated carbocycles. The molecule has 0 unspecified atom stereocenters. The van der Waals surface area contributed by atoms with E-state index in [2.05, 4.69) is 31.5 Å². The van der Waals surface area contributed by atoms with Gasteiger partial charge in [0.1, 0.15) is 5.82 Å². The zero-order chi connectivity index (χ0) is 11.1. The molecule has 15 heavy (non-hydrogen) atoms. The van der Waals surface area contributed by atoms with E-state index in [9.17, 15) is 0 Å². The van der Waals surface area contributed by atoms with Crippen LogP contribution in [-0.4, -0.2) is 28.4 Å². The molecule has 1 aromatic heterocycles. The van der Waals surface area contributed by atoms with Gasteiger partial charge in [-0.2, -0.15) is 0 Å². The predicted molar refractivity (Wildman–Crippen MR) is 67.9 cm³/mol. The Kier molecular flexibility index (Phi) is 5.52. The highest BCUT2D eigenvalue weighted by Gasteiger charge is 1.97. The van der Waals surface area contributed by atoms with Crippen LogP contribution in [0.25, 0.3) is 0 Å². The quantitative estimate of drug-likeness (QED) is 0.580. The topological polar surface area (TPSA) is 57.2 Å². The number of nitrogens with zero attached hydrogens (tertiary/aromatic N) is 1. The highest BCUT2D eigenvalue weighted by molar-refractivity contribution is 9.10. The first kappa shape index (κ1) is 12.4. The van der Waals surface area contributed by atoms with Crippen molar-refractivity contribution in [2.24, 2.45) is 0 Å². The molecule has 0 amide bonds. The third-order valence-corrected chi connectivity index (χ3v) is 2.30. The molecule has 6 heteroatoms. The van der Waals surface area contributed by atoms with Crippen LogP contribution in [0.15, 0.2) is 22.8 Å². The molecule has 0 saturated heterocycles. The lowest BCUT2D eigenvalue weighted by Gasteiger charge is -2.08. The minimum atomic E-state index is 0.159. The molecule has 0 atom stereocenters. The largest absolute Gasteiger partial charge is 0.396 e. The van der Waals surface area contributed by atoms with E-state index >= 15 is 0 Å². The zero-order valence-corrected chi connectivity index (χ0v) is 10.4. The van der Waals surface area contributed by atoms with Gasteiger partial charge >= 0.3 is 0 Å². The van der Waals surface area contributed by atoms with Crippen LogP contribution in [0.1, 0.15) is 6.42 Å². The summed E-state index contributed by atoms with van der Waals surface area (Å²) >= 11 is 8.32. The lowest BCUT2D eigenvalue weighted by atomic mass is 10.4. The second kappa shape index (κ2) is 6.71. The number of hydrogen-bond donors (Lipinski definition) is 3. The summed E-state index contributed by atoms with van der Waals surface area (Å²) in [6, 6.07) is 3.70. The second-order valence-corrected chi connectivity index (χ2v) is 4.14. The summed E-state index contributed by atoms with van der Waals surface area (Å²) in [4.78, 5) is 4.11. The highest BCUT2D eigenvalue weighted by Crippen LogP contribution is 2.10. The van der Waals surface area contributed by atoms with Crippen LogP contribution in [0.3, 0.4) is 0 Å². The third kappa shape index (κ3) is 5.06. The Balaban J connectivity index is 2.34. The number of aliphatic hydroxyl groups is 1. The monoisotopic (exact) mass is 289 g/mol. The van der Waals surface area contributed by atoms with Gasteiger partial charge in [0.15, 0.2) is 5.11 Å². The van der Waals surface area contributed by atoms with Gasteiger partial charge in [0.2, 0.25) is 0 Å². The molecular weight excluding hydrogens is 278 g/mol. The van der Waals surface area contributed by atoms with Crippen LogP contribution in [0.2, 0.25) is 0 Å². The van der Waals surface area contributed by atoms with E-state index < -0.39 is 0 Å². The predicted octanol–water partition coefficient (Wildman–Crippen LogP) is 1.51. The Labute approximate surface area is 102 Å². The summed E-state index contributed by atoms with van der Waals surface area (Å²) in [5, 5.41) is 15.0. The Morgan fingerprint density at radius 3 is 2.93 bits per heavy atom. The molecule has 0 fully saturated rings. The van der Waals surface area contributed by atoms with Crippen LogP contribution in [0.4, 0.5) is 5.82 Å². The number of rotatable bonds is 4. The van der Waals surface area contributed by atoms with Crippen molar-refractivity contribution in [2.75, 3.05) is 18.5 Å². The number of hydrogen-bond acceptors (Lipinski definition) is 3. The van der Waals surface area contributed by atoms with Gasteiger partial charge in [0.05, 0.1) is 0 Å². The lowest BCUT2D eigenvalue weighted by molar-refractivity contribution is 0.289. The van der Waals surface area contributed by atoms with Crippen LogP contribution in [0.5, 0.6) is 0 Å². The van der Waals surface area contributed by atoms with E-state index in [4.69, 9.17) is 17.3 Å². The second-order valence-electron chi connectivity index (χ2n) is 2.82. The molecule has 3 N–H and O–H groups in total. The fraction of sp³-hybridized carbons (Fsp3) is 0.333. The van der Waals surface area contributed by atoms with Gasteiger partial charge in [0, 0.05) is 23.8 Å². The molecular formula is C9H12BrN3OS. The van der Waals surface area contributed by atoms with Crippen molar-refractivity contribution in [3.05, 3.63) is 22.8 Å². The van der Waals surface area contributed by atoms with Crippen LogP contribution >= 0.6 is 28.1 Å². The normalized spacial score (nSPS) is 9.73. The van der Waals surface area contributed by atoms with E-state index in [1.165, 1.54) is 0 Å². The Bertz CT molecular complexity index is 318. The molecule has 82 valence electrons. The summed E-state index contributed by atoms with van der Waals surface area (Å²) in [6.45, 7) is 0.811. The molecule has 1 rings (SSSR count). The SMILES string of the molecule is OCCCNC(=S)Nc1ccc(Br)cn1. The molecule has 0 aliphatic carbocycles. The van der Waals surface area contributed by atoms with Gasteiger partial charge in [-0.05, 0) is 46.7 Å². The minimum absolute atomic E-state index is 0.159. The van der Waals surface area contributed by atoms with Crippen LogP contribution in [-0.2, 0) is 0 Å². The van der Waals surface area contributed by atoms with Crippen molar-refractivity contribution < 1.29 is 5.11 Å². The lowest BCUT2D eigenvalue weighted by Crippen LogP contribution is -2.29. The van der Waals surface area contributed by atoms with E-state index in [-0.39, 0.29) is 6.61 Å². The van der Waals surface area contributed by atoms with Crippen molar-refractivity contribution in [1.82, 2.24) is 10.3 Å². The van der Waals surface area contributed by atoms with Gasteiger partial charge in [0.25, 0.3) is 0 Å². The van der Waals surface area contributed by atoms with Gasteiger partial charge < -0.3 is 15.7 Å². The number of thiocarbonyl (C=S) groups is 1. The number of aromatic nitrogens is 1. The Morgan fingerprint density at radius 2 is 2.33 bits per heavy atom. The fourth-order valence-corrected chi connectivity index (χ4v) is 1.33. The number of anilines is 1. The molecule has 0 aromatic carbocycles. The first-order chi connectivity index (χ1) is 7.22. The zero-order valence-electron chi connectivity index (χ0n) is 8.03. The molecule has 4 nitrogen and oxygen atoms in total. The standard InChI is InChI=1S/C9H12BrN3OS/c10-7-2-3-8(12-6-7)13-9(15)11-4-1-5-14/h2-3,6,14H,1,4-5H2,(H2,11,12,13,15). The van der Waals surface area contributed by atoms with Gasteiger partial charge in [-0.25, -0.2) is 4.98 Å². The summed E-state index contributed by atoms with van der Waals surface area (Å²) in [6.07, 6.45) is 2.37. The molecule has 0 radical (unpaired) electrons. The van der Waals surface area contributed by atoms with Crippen molar-refractivity contribution >= 4 is 39.1 Å². The highest BCUT2D eigenvalue weighted by atomic mass is 79.9. The smallest absolute Gasteiger partial charge is 0.171 e. The first-order valence-corrected chi connectivity index (χ1v) is 5.70.